The van der Waals surface area contributed by atoms with Gasteiger partial charge in [0.25, 0.3) is 0 Å². The number of hydrogen-bond acceptors (Lipinski definition) is 1. The van der Waals surface area contributed by atoms with E-state index in [0.29, 0.717) is 0 Å². The minimum atomic E-state index is -1.92. The summed E-state index contributed by atoms with van der Waals surface area (Å²) in [7, 11) is -1.92. The van der Waals surface area contributed by atoms with Crippen LogP contribution >= 0.6 is 54.1 Å². The van der Waals surface area contributed by atoms with Crippen molar-refractivity contribution in [2.45, 2.75) is 19.8 Å². The Morgan fingerprint density at radius 2 is 1.89 bits per heavy atom. The molecule has 0 amide bonds. The van der Waals surface area contributed by atoms with Crippen LogP contribution in [0.3, 0.4) is 0 Å². The summed E-state index contributed by atoms with van der Waals surface area (Å²) in [6.07, 6.45) is 2.46. The quantitative estimate of drug-likeness (QED) is 0.385. The van der Waals surface area contributed by atoms with Gasteiger partial charge in [0, 0.05) is 0 Å². The van der Waals surface area contributed by atoms with Gasteiger partial charge in [0.1, 0.15) is 0 Å². The van der Waals surface area contributed by atoms with E-state index in [9.17, 15) is 0 Å². The van der Waals surface area contributed by atoms with E-state index in [4.69, 9.17) is 2.81 Å². The van der Waals surface area contributed by atoms with E-state index in [1.54, 1.807) is 0 Å². The number of unbranched alkanes of at least 4 members (excludes halogenated alkanes) is 1. The minimum absolute atomic E-state index is 0.974. The first-order valence-corrected chi connectivity index (χ1v) is 25.7. The predicted octanol–water partition coefficient (Wildman–Crippen LogP) is 3.92. The van der Waals surface area contributed by atoms with Gasteiger partial charge < -0.3 is 0 Å². The van der Waals surface area contributed by atoms with Gasteiger partial charge in [-0.25, -0.2) is 0 Å². The molecular formula is C4H9I3OZr. The van der Waals surface area contributed by atoms with Crippen LogP contribution in [0.15, 0.2) is 0 Å². The first-order chi connectivity index (χ1) is 4.06. The average Bonchev–Trinajstić information content (AvgIpc) is 1.63. The molecule has 0 aliphatic heterocycles. The molecule has 0 aromatic carbocycles. The second-order valence-electron chi connectivity index (χ2n) is 1.65. The molecule has 0 N–H and O–H groups in total. The molecule has 0 spiro atoms. The van der Waals surface area contributed by atoms with Crippen molar-refractivity contribution in [2.75, 3.05) is 6.61 Å². The molecule has 0 fully saturated rings. The molecule has 0 saturated carbocycles. The average molecular weight is 545 g/mol. The van der Waals surface area contributed by atoms with Crippen molar-refractivity contribution < 1.29 is 10.9 Å². The Kier molecular flexibility index (Phi) is 8.74. The van der Waals surface area contributed by atoms with Crippen molar-refractivity contribution in [1.29, 1.82) is 0 Å². The summed E-state index contributed by atoms with van der Waals surface area (Å²) in [6.45, 7) is 3.16. The van der Waals surface area contributed by atoms with Crippen molar-refractivity contribution in [2.24, 2.45) is 0 Å². The fourth-order valence-electron chi connectivity index (χ4n) is 0.332. The van der Waals surface area contributed by atoms with Gasteiger partial charge in [-0.15, -0.1) is 0 Å². The van der Waals surface area contributed by atoms with Gasteiger partial charge in [-0.05, 0) is 0 Å². The van der Waals surface area contributed by atoms with Gasteiger partial charge in [0.05, 0.1) is 0 Å². The third kappa shape index (κ3) is 11.0. The summed E-state index contributed by atoms with van der Waals surface area (Å²) in [5.74, 6) is 0. The number of rotatable bonds is 4. The molecule has 9 heavy (non-hydrogen) atoms. The zero-order valence-electron chi connectivity index (χ0n) is 5.16. The predicted molar refractivity (Wildman–Crippen MR) is 62.9 cm³/mol. The van der Waals surface area contributed by atoms with Crippen LogP contribution in [0.4, 0.5) is 0 Å². The van der Waals surface area contributed by atoms with Crippen LogP contribution < -0.4 is 0 Å². The number of hydrogen-bond donors (Lipinski definition) is 0. The van der Waals surface area contributed by atoms with Gasteiger partial charge in [-0.3, -0.25) is 0 Å². The Balaban J connectivity index is 3.07. The SMILES string of the molecule is CCCC[O][Zr]([I])([I])[I]. The summed E-state index contributed by atoms with van der Waals surface area (Å²) in [6, 6.07) is 0. The second-order valence-corrected chi connectivity index (χ2v) is 68.1. The van der Waals surface area contributed by atoms with Crippen LogP contribution in [0, 0.1) is 0 Å². The van der Waals surface area contributed by atoms with E-state index in [0.717, 1.165) is 6.61 Å². The van der Waals surface area contributed by atoms with Gasteiger partial charge in [0.2, 0.25) is 0 Å². The molecule has 0 aliphatic carbocycles. The maximum atomic E-state index is 5.64. The van der Waals surface area contributed by atoms with Gasteiger partial charge >= 0.3 is 91.5 Å². The normalized spacial score (nSPS) is 12.0. The van der Waals surface area contributed by atoms with Gasteiger partial charge in [-0.1, -0.05) is 0 Å². The fourth-order valence-corrected chi connectivity index (χ4v) is 5.16. The molecule has 0 unspecified atom stereocenters. The zero-order valence-corrected chi connectivity index (χ0v) is 14.1. The molecule has 5 heteroatoms. The number of halogens is 3. The van der Waals surface area contributed by atoms with Crippen molar-refractivity contribution >= 4 is 54.1 Å². The molecule has 0 atom stereocenters. The summed E-state index contributed by atoms with van der Waals surface area (Å²) in [5.41, 5.74) is 0. The van der Waals surface area contributed by atoms with E-state index < -0.39 is 8.14 Å². The third-order valence-corrected chi connectivity index (χ3v) is 7.60. The molecule has 0 aromatic rings. The molecule has 1 nitrogen and oxygen atoms in total. The van der Waals surface area contributed by atoms with Crippen molar-refractivity contribution in [3.05, 3.63) is 0 Å². The first kappa shape index (κ1) is 12.0. The molecule has 0 radical (unpaired) electrons. The van der Waals surface area contributed by atoms with Crippen molar-refractivity contribution in [1.82, 2.24) is 0 Å². The van der Waals surface area contributed by atoms with E-state index in [-0.39, 0.29) is 0 Å². The third-order valence-electron chi connectivity index (χ3n) is 0.764. The van der Waals surface area contributed by atoms with Crippen LogP contribution in [0.25, 0.3) is 0 Å². The Labute approximate surface area is 89.2 Å². The molecule has 0 heterocycles. The molecular weight excluding hydrogens is 536 g/mol. The van der Waals surface area contributed by atoms with E-state index >= 15 is 0 Å². The molecule has 0 rings (SSSR count). The van der Waals surface area contributed by atoms with Crippen molar-refractivity contribution in [3.8, 4) is 0 Å². The zero-order chi connectivity index (χ0) is 7.33. The standard InChI is InChI=1S/C4H9O.3HI.Zr/c1-2-3-4-5;;;;/h2-4H2,1H3;3*1H;/q-1;;;;+4/p-3. The molecule has 56 valence electrons. The maximum absolute atomic E-state index is 5.64. The Hall–Kier alpha value is 3.03. The molecule has 0 bridgehead atoms. The Morgan fingerprint density at radius 1 is 1.33 bits per heavy atom. The van der Waals surface area contributed by atoms with Crippen LogP contribution in [0.5, 0.6) is 0 Å². The van der Waals surface area contributed by atoms with Crippen LogP contribution in [-0.4, -0.2) is 6.61 Å². The summed E-state index contributed by atoms with van der Waals surface area (Å²) < 4.78 is 5.64. The van der Waals surface area contributed by atoms with Crippen LogP contribution in [0.2, 0.25) is 0 Å². The topological polar surface area (TPSA) is 9.23 Å². The first-order valence-electron chi connectivity index (χ1n) is 2.77. The van der Waals surface area contributed by atoms with Gasteiger partial charge in [-0.2, -0.15) is 0 Å². The van der Waals surface area contributed by atoms with Crippen LogP contribution in [0.1, 0.15) is 19.8 Å². The summed E-state index contributed by atoms with van der Waals surface area (Å²) in [4.78, 5) is 0. The van der Waals surface area contributed by atoms with Gasteiger partial charge in [0.15, 0.2) is 0 Å². The Morgan fingerprint density at radius 3 is 2.22 bits per heavy atom. The van der Waals surface area contributed by atoms with E-state index in [1.807, 2.05) is 0 Å². The molecule has 0 aromatic heterocycles. The van der Waals surface area contributed by atoms with E-state index in [1.165, 1.54) is 12.8 Å². The molecule has 0 saturated heterocycles. The van der Waals surface area contributed by atoms with Crippen LogP contribution in [-0.2, 0) is 10.9 Å². The monoisotopic (exact) mass is 544 g/mol. The summed E-state index contributed by atoms with van der Waals surface area (Å²) in [5, 5.41) is 0. The Bertz CT molecular complexity index is 72.7. The van der Waals surface area contributed by atoms with E-state index in [2.05, 4.69) is 61.1 Å². The summed E-state index contributed by atoms with van der Waals surface area (Å²) >= 11 is 7.43. The van der Waals surface area contributed by atoms with Crippen molar-refractivity contribution in [3.63, 3.8) is 0 Å². The fraction of sp³-hybridized carbons (Fsp3) is 1.00. The second kappa shape index (κ2) is 6.54. The molecule has 0 aliphatic rings.